The smallest absolute Gasteiger partial charge is 0.222 e. The Hall–Kier alpha value is -2.28. The van der Waals surface area contributed by atoms with Crippen molar-refractivity contribution in [3.05, 3.63) is 30.0 Å². The fraction of sp³-hybridized carbons (Fsp3) is 0.167. The molecule has 2 heterocycles. The molecule has 0 amide bonds. The van der Waals surface area contributed by atoms with E-state index in [1.807, 2.05) is 25.1 Å². The van der Waals surface area contributed by atoms with Crippen molar-refractivity contribution >= 4 is 32.6 Å². The van der Waals surface area contributed by atoms with E-state index in [0.717, 1.165) is 21.7 Å². The molecule has 6 nitrogen and oxygen atoms in total. The Kier molecular flexibility index (Phi) is 3.86. The molecule has 0 aliphatic rings. The minimum Gasteiger partial charge on any atom is -0.497 e. The summed E-state index contributed by atoms with van der Waals surface area (Å²) in [6.07, 6.45) is 0. The Morgan fingerprint density at radius 1 is 1.26 bits per heavy atom. The average Bonchev–Trinajstić information content (AvgIpc) is 2.93. The molecule has 4 N–H and O–H groups in total. The summed E-state index contributed by atoms with van der Waals surface area (Å²) < 4.78 is 10.6. The second kappa shape index (κ2) is 5.57. The number of nitrogens with two attached hydrogens (primary N) is 2. The summed E-state index contributed by atoms with van der Waals surface area (Å²) in [5.41, 5.74) is 12.4. The molecule has 0 radical (unpaired) electrons. The summed E-state index contributed by atoms with van der Waals surface area (Å²) in [4.78, 5) is 4.13. The molecule has 2 aromatic heterocycles. The summed E-state index contributed by atoms with van der Waals surface area (Å²) >= 11 is 1.47. The van der Waals surface area contributed by atoms with Crippen molar-refractivity contribution in [1.29, 1.82) is 0 Å². The molecule has 7 heteroatoms. The van der Waals surface area contributed by atoms with Gasteiger partial charge in [-0.1, -0.05) is 16.5 Å². The molecule has 0 aliphatic carbocycles. The fourth-order valence-electron chi connectivity index (χ4n) is 1.43. The van der Waals surface area contributed by atoms with Crippen LogP contribution in [0, 0.1) is 6.92 Å². The number of hydrogen-bond acceptors (Lipinski definition) is 7. The molecule has 0 fully saturated rings. The first-order valence-corrected chi connectivity index (χ1v) is 6.29. The van der Waals surface area contributed by atoms with Crippen molar-refractivity contribution in [3.63, 3.8) is 0 Å². The van der Waals surface area contributed by atoms with Crippen molar-refractivity contribution in [1.82, 2.24) is 10.1 Å². The fourth-order valence-corrected chi connectivity index (χ4v) is 2.20. The second-order valence-corrected chi connectivity index (χ2v) is 4.82. The molecule has 3 aromatic rings. The summed E-state index contributed by atoms with van der Waals surface area (Å²) in [6, 6.07) is 7.38. The Labute approximate surface area is 114 Å². The Morgan fingerprint density at radius 2 is 2.05 bits per heavy atom. The van der Waals surface area contributed by atoms with Crippen LogP contribution in [0.15, 0.2) is 28.8 Å². The highest BCUT2D eigenvalue weighted by atomic mass is 32.1. The number of aryl methyl sites for hydroxylation is 1. The lowest BCUT2D eigenvalue weighted by Gasteiger charge is -1.96. The van der Waals surface area contributed by atoms with Gasteiger partial charge in [0.1, 0.15) is 5.75 Å². The van der Waals surface area contributed by atoms with Crippen LogP contribution in [-0.2, 0) is 0 Å². The van der Waals surface area contributed by atoms with E-state index in [9.17, 15) is 0 Å². The maximum Gasteiger partial charge on any atom is 0.222 e. The van der Waals surface area contributed by atoms with Gasteiger partial charge in [0.05, 0.1) is 23.0 Å². The molecule has 1 aromatic carbocycles. The van der Waals surface area contributed by atoms with Crippen LogP contribution in [0.3, 0.4) is 0 Å². The van der Waals surface area contributed by atoms with E-state index in [0.29, 0.717) is 11.0 Å². The summed E-state index contributed by atoms with van der Waals surface area (Å²) in [5, 5.41) is 4.11. The van der Waals surface area contributed by atoms with Gasteiger partial charge in [0.15, 0.2) is 5.13 Å². The van der Waals surface area contributed by atoms with Crippen molar-refractivity contribution < 1.29 is 9.26 Å². The Balaban J connectivity index is 0.000000163. The molecule has 3 rings (SSSR count). The van der Waals surface area contributed by atoms with E-state index in [2.05, 4.69) is 14.7 Å². The molecule has 0 aliphatic heterocycles. The number of hydrogen-bond donors (Lipinski definition) is 2. The minimum atomic E-state index is 0.373. The number of thiazole rings is 1. The van der Waals surface area contributed by atoms with Crippen molar-refractivity contribution in [2.24, 2.45) is 0 Å². The first kappa shape index (κ1) is 13.2. The molecule has 0 saturated carbocycles. The molecule has 0 bridgehead atoms. The van der Waals surface area contributed by atoms with Gasteiger partial charge in [0, 0.05) is 6.07 Å². The number of anilines is 2. The Bertz CT molecular complexity index is 661. The van der Waals surface area contributed by atoms with Gasteiger partial charge in [-0.3, -0.25) is 0 Å². The lowest BCUT2D eigenvalue weighted by atomic mass is 10.3. The molecule has 0 atom stereocenters. The van der Waals surface area contributed by atoms with Gasteiger partial charge in [-0.05, 0) is 25.1 Å². The van der Waals surface area contributed by atoms with Crippen LogP contribution in [0.1, 0.15) is 5.69 Å². The lowest BCUT2D eigenvalue weighted by molar-refractivity contribution is 0.415. The third-order valence-electron chi connectivity index (χ3n) is 2.26. The van der Waals surface area contributed by atoms with E-state index in [1.165, 1.54) is 11.3 Å². The molecular weight excluding hydrogens is 264 g/mol. The SMILES string of the molecule is COc1ccc2nc(N)sc2c1.Cc1cc(N)on1. The van der Waals surface area contributed by atoms with Crippen molar-refractivity contribution in [2.75, 3.05) is 18.6 Å². The maximum absolute atomic E-state index is 5.55. The largest absolute Gasteiger partial charge is 0.497 e. The standard InChI is InChI=1S/C8H8N2OS.C4H6N2O/c1-11-5-2-3-6-7(4-5)12-8(9)10-6;1-3-2-4(5)7-6-3/h2-4H,1H3,(H2,9,10);2H,5H2,1H3. The van der Waals surface area contributed by atoms with Crippen LogP contribution < -0.4 is 16.2 Å². The van der Waals surface area contributed by atoms with Crippen LogP contribution in [0.2, 0.25) is 0 Å². The van der Waals surface area contributed by atoms with E-state index in [-0.39, 0.29) is 0 Å². The van der Waals surface area contributed by atoms with Gasteiger partial charge in [0.25, 0.3) is 0 Å². The summed E-state index contributed by atoms with van der Waals surface area (Å²) in [7, 11) is 1.64. The van der Waals surface area contributed by atoms with Gasteiger partial charge < -0.3 is 20.7 Å². The van der Waals surface area contributed by atoms with Crippen molar-refractivity contribution in [3.8, 4) is 5.75 Å². The first-order chi connectivity index (χ1) is 9.08. The number of rotatable bonds is 1. The molecular formula is C12H14N4O2S. The zero-order valence-electron chi connectivity index (χ0n) is 10.6. The highest BCUT2D eigenvalue weighted by molar-refractivity contribution is 7.22. The minimum absolute atomic E-state index is 0.373. The second-order valence-electron chi connectivity index (χ2n) is 3.76. The van der Waals surface area contributed by atoms with E-state index in [4.69, 9.17) is 16.2 Å². The summed E-state index contributed by atoms with van der Waals surface area (Å²) in [6.45, 7) is 1.82. The van der Waals surface area contributed by atoms with Crippen LogP contribution in [-0.4, -0.2) is 17.3 Å². The number of aromatic nitrogens is 2. The number of ether oxygens (including phenoxy) is 1. The third kappa shape index (κ3) is 3.35. The first-order valence-electron chi connectivity index (χ1n) is 5.47. The number of methoxy groups -OCH3 is 1. The van der Waals surface area contributed by atoms with E-state index in [1.54, 1.807) is 13.2 Å². The van der Waals surface area contributed by atoms with Crippen LogP contribution in [0.25, 0.3) is 10.2 Å². The molecule has 100 valence electrons. The zero-order valence-corrected chi connectivity index (χ0v) is 11.4. The van der Waals surface area contributed by atoms with Crippen LogP contribution in [0.5, 0.6) is 5.75 Å². The molecule has 0 saturated heterocycles. The van der Waals surface area contributed by atoms with Gasteiger partial charge in [-0.15, -0.1) is 0 Å². The van der Waals surface area contributed by atoms with Crippen LogP contribution >= 0.6 is 11.3 Å². The molecule has 0 unspecified atom stereocenters. The monoisotopic (exact) mass is 278 g/mol. The van der Waals surface area contributed by atoms with Gasteiger partial charge in [-0.25, -0.2) is 4.98 Å². The number of fused-ring (bicyclic) bond motifs is 1. The molecule has 0 spiro atoms. The lowest BCUT2D eigenvalue weighted by Crippen LogP contribution is -1.81. The van der Waals surface area contributed by atoms with Gasteiger partial charge in [-0.2, -0.15) is 0 Å². The predicted molar refractivity (Wildman–Crippen MR) is 76.2 cm³/mol. The van der Waals surface area contributed by atoms with Gasteiger partial charge >= 0.3 is 0 Å². The average molecular weight is 278 g/mol. The van der Waals surface area contributed by atoms with E-state index < -0.39 is 0 Å². The zero-order chi connectivity index (χ0) is 13.8. The van der Waals surface area contributed by atoms with Crippen molar-refractivity contribution in [2.45, 2.75) is 6.92 Å². The number of nitrogens with zero attached hydrogens (tertiary/aromatic N) is 2. The highest BCUT2D eigenvalue weighted by Crippen LogP contribution is 2.27. The maximum atomic E-state index is 5.55. The number of benzene rings is 1. The summed E-state index contributed by atoms with van der Waals surface area (Å²) in [5.74, 6) is 1.21. The van der Waals surface area contributed by atoms with E-state index >= 15 is 0 Å². The Morgan fingerprint density at radius 3 is 2.58 bits per heavy atom. The number of nitrogen functional groups attached to an aromatic ring is 2. The molecule has 19 heavy (non-hydrogen) atoms. The third-order valence-corrected chi connectivity index (χ3v) is 3.11. The normalized spacial score (nSPS) is 10.0. The highest BCUT2D eigenvalue weighted by Gasteiger charge is 2.01. The predicted octanol–water partition coefficient (Wildman–Crippen LogP) is 2.45. The van der Waals surface area contributed by atoms with Crippen LogP contribution in [0.4, 0.5) is 11.0 Å². The van der Waals surface area contributed by atoms with Gasteiger partial charge in [0.2, 0.25) is 5.88 Å². The topological polar surface area (TPSA) is 100 Å². The quantitative estimate of drug-likeness (QED) is 0.709.